The Morgan fingerprint density at radius 1 is 1.15 bits per heavy atom. The van der Waals surface area contributed by atoms with Gasteiger partial charge in [0, 0.05) is 20.9 Å². The fourth-order valence-corrected chi connectivity index (χ4v) is 4.45. The van der Waals surface area contributed by atoms with Gasteiger partial charge in [0.2, 0.25) is 0 Å². The van der Waals surface area contributed by atoms with Crippen molar-refractivity contribution in [2.75, 3.05) is 5.32 Å². The van der Waals surface area contributed by atoms with E-state index < -0.39 is 0 Å². The number of hydrogen-bond acceptors (Lipinski definition) is 4. The number of ether oxygens (including phenoxy) is 1. The summed E-state index contributed by atoms with van der Waals surface area (Å²) in [6.07, 6.45) is 5.66. The third-order valence-corrected chi connectivity index (χ3v) is 6.09. The van der Waals surface area contributed by atoms with Crippen LogP contribution in [0.2, 0.25) is 0 Å². The van der Waals surface area contributed by atoms with E-state index >= 15 is 0 Å². The molecule has 1 saturated carbocycles. The lowest BCUT2D eigenvalue weighted by Gasteiger charge is -2.48. The van der Waals surface area contributed by atoms with Crippen LogP contribution < -0.4 is 10.1 Å². The van der Waals surface area contributed by atoms with Gasteiger partial charge in [-0.3, -0.25) is 0 Å². The zero-order chi connectivity index (χ0) is 17.7. The van der Waals surface area contributed by atoms with Crippen LogP contribution in [0.25, 0.3) is 10.9 Å². The number of benzene rings is 2. The van der Waals surface area contributed by atoms with E-state index in [1.54, 1.807) is 18.5 Å². The zero-order valence-corrected chi connectivity index (χ0v) is 16.2. The highest BCUT2D eigenvalue weighted by molar-refractivity contribution is 14.1. The minimum atomic E-state index is -0.245. The van der Waals surface area contributed by atoms with Crippen LogP contribution in [0.1, 0.15) is 37.3 Å². The first-order valence-corrected chi connectivity index (χ1v) is 9.85. The maximum Gasteiger partial charge on any atom is 0.137 e. The van der Waals surface area contributed by atoms with E-state index in [4.69, 9.17) is 4.74 Å². The lowest BCUT2D eigenvalue weighted by molar-refractivity contribution is -0.0310. The second-order valence-electron chi connectivity index (χ2n) is 7.11. The predicted octanol–water partition coefficient (Wildman–Crippen LogP) is 5.23. The maximum absolute atomic E-state index is 13.9. The topological polar surface area (TPSA) is 47.0 Å². The van der Waals surface area contributed by atoms with Gasteiger partial charge in [0.05, 0.1) is 11.6 Å². The Morgan fingerprint density at radius 3 is 2.85 bits per heavy atom. The van der Waals surface area contributed by atoms with Crippen LogP contribution in [-0.4, -0.2) is 15.6 Å². The van der Waals surface area contributed by atoms with Crippen LogP contribution in [0.5, 0.6) is 5.75 Å². The second-order valence-corrected chi connectivity index (χ2v) is 8.35. The molecule has 0 radical (unpaired) electrons. The SMILES string of the molecule is Fc1ccc2c(c1)[C@@H](Nc1ncnc3ccc(I)cc13)CC1(CCC1)O2. The summed E-state index contributed by atoms with van der Waals surface area (Å²) in [5, 5.41) is 4.54. The van der Waals surface area contributed by atoms with Gasteiger partial charge in [-0.2, -0.15) is 0 Å². The summed E-state index contributed by atoms with van der Waals surface area (Å²) in [4.78, 5) is 8.82. The molecule has 1 aliphatic carbocycles. The van der Waals surface area contributed by atoms with Gasteiger partial charge in [-0.25, -0.2) is 14.4 Å². The van der Waals surface area contributed by atoms with E-state index in [-0.39, 0.29) is 17.5 Å². The van der Waals surface area contributed by atoms with Gasteiger partial charge in [-0.15, -0.1) is 0 Å². The Kier molecular flexibility index (Phi) is 3.77. The van der Waals surface area contributed by atoms with Crippen molar-refractivity contribution in [1.29, 1.82) is 0 Å². The molecule has 0 bridgehead atoms. The van der Waals surface area contributed by atoms with Gasteiger partial charge in [0.1, 0.15) is 29.3 Å². The molecule has 5 rings (SSSR count). The van der Waals surface area contributed by atoms with Crippen LogP contribution in [0.3, 0.4) is 0 Å². The first kappa shape index (κ1) is 16.2. The number of fused-ring (bicyclic) bond motifs is 2. The van der Waals surface area contributed by atoms with Gasteiger partial charge >= 0.3 is 0 Å². The summed E-state index contributed by atoms with van der Waals surface area (Å²) in [5.74, 6) is 1.32. The number of nitrogens with zero attached hydrogens (tertiary/aromatic N) is 2. The Bertz CT molecular complexity index is 1010. The summed E-state index contributed by atoms with van der Waals surface area (Å²) < 4.78 is 21.3. The molecule has 1 N–H and O–H groups in total. The number of nitrogens with one attached hydrogen (secondary N) is 1. The molecule has 26 heavy (non-hydrogen) atoms. The van der Waals surface area contributed by atoms with E-state index in [1.165, 1.54) is 12.5 Å². The molecule has 2 heterocycles. The maximum atomic E-state index is 13.9. The smallest absolute Gasteiger partial charge is 0.137 e. The minimum Gasteiger partial charge on any atom is -0.487 e. The van der Waals surface area contributed by atoms with Gasteiger partial charge in [-0.1, -0.05) is 0 Å². The number of anilines is 1. The summed E-state index contributed by atoms with van der Waals surface area (Å²) >= 11 is 2.29. The highest BCUT2D eigenvalue weighted by Crippen LogP contribution is 2.49. The molecule has 3 aromatic rings. The lowest BCUT2D eigenvalue weighted by atomic mass is 9.73. The van der Waals surface area contributed by atoms with Crippen molar-refractivity contribution in [2.45, 2.75) is 37.3 Å². The molecule has 0 unspecified atom stereocenters. The minimum absolute atomic E-state index is 0.0364. The van der Waals surface area contributed by atoms with Crippen LogP contribution in [0, 0.1) is 9.39 Å². The van der Waals surface area contributed by atoms with E-state index in [2.05, 4.69) is 43.9 Å². The monoisotopic (exact) mass is 461 g/mol. The van der Waals surface area contributed by atoms with E-state index in [1.807, 2.05) is 12.1 Å². The Morgan fingerprint density at radius 2 is 2.04 bits per heavy atom. The van der Waals surface area contributed by atoms with Crippen molar-refractivity contribution < 1.29 is 9.13 Å². The molecule has 1 spiro atoms. The van der Waals surface area contributed by atoms with Crippen molar-refractivity contribution in [2.24, 2.45) is 0 Å². The summed E-state index contributed by atoms with van der Waals surface area (Å²) in [6.45, 7) is 0. The van der Waals surface area contributed by atoms with Gasteiger partial charge in [0.25, 0.3) is 0 Å². The Labute approximate surface area is 164 Å². The number of aromatic nitrogens is 2. The van der Waals surface area contributed by atoms with Crippen molar-refractivity contribution in [3.63, 3.8) is 0 Å². The predicted molar refractivity (Wildman–Crippen MR) is 107 cm³/mol. The fraction of sp³-hybridized carbons (Fsp3) is 0.300. The van der Waals surface area contributed by atoms with E-state index in [0.29, 0.717) is 0 Å². The molecule has 2 aromatic carbocycles. The molecule has 4 nitrogen and oxygen atoms in total. The molecule has 1 atom stereocenters. The van der Waals surface area contributed by atoms with Gasteiger partial charge in [-0.05, 0) is 78.3 Å². The van der Waals surface area contributed by atoms with Crippen LogP contribution in [-0.2, 0) is 0 Å². The Hall–Kier alpha value is -1.96. The Balaban J connectivity index is 1.58. The second kappa shape index (κ2) is 6.04. The largest absolute Gasteiger partial charge is 0.487 e. The molecular formula is C20H17FIN3O. The molecule has 2 aliphatic rings. The highest BCUT2D eigenvalue weighted by Gasteiger charge is 2.45. The summed E-state index contributed by atoms with van der Waals surface area (Å²) in [5.41, 5.74) is 1.63. The molecule has 1 aliphatic heterocycles. The molecule has 1 aromatic heterocycles. The third-order valence-electron chi connectivity index (χ3n) is 5.42. The van der Waals surface area contributed by atoms with Crippen molar-refractivity contribution in [1.82, 2.24) is 9.97 Å². The molecule has 0 amide bonds. The van der Waals surface area contributed by atoms with E-state index in [9.17, 15) is 4.39 Å². The quantitative estimate of drug-likeness (QED) is 0.531. The van der Waals surface area contributed by atoms with Crippen LogP contribution >= 0.6 is 22.6 Å². The fourth-order valence-electron chi connectivity index (χ4n) is 3.96. The van der Waals surface area contributed by atoms with Gasteiger partial charge in [0.15, 0.2) is 0 Å². The first-order chi connectivity index (χ1) is 12.6. The summed E-state index contributed by atoms with van der Waals surface area (Å²) in [6, 6.07) is 10.9. The van der Waals surface area contributed by atoms with Crippen molar-refractivity contribution in [3.05, 3.63) is 57.7 Å². The van der Waals surface area contributed by atoms with Crippen LogP contribution in [0.15, 0.2) is 42.7 Å². The number of halogens is 2. The standard InChI is InChI=1S/C20H17FIN3O/c21-12-2-5-18-14(8-12)17(10-20(26-18)6-1-7-20)25-19-15-9-13(22)3-4-16(15)23-11-24-19/h2-5,8-9,11,17H,1,6-7,10H2,(H,23,24,25)/t17-/m0/s1. The first-order valence-electron chi connectivity index (χ1n) is 8.77. The number of hydrogen-bond donors (Lipinski definition) is 1. The molecule has 132 valence electrons. The average molecular weight is 461 g/mol. The normalized spacial score (nSPS) is 20.3. The van der Waals surface area contributed by atoms with Gasteiger partial charge < -0.3 is 10.1 Å². The molecule has 0 saturated heterocycles. The summed E-state index contributed by atoms with van der Waals surface area (Å²) in [7, 11) is 0. The molecule has 6 heteroatoms. The zero-order valence-electron chi connectivity index (χ0n) is 14.0. The van der Waals surface area contributed by atoms with Crippen molar-refractivity contribution in [3.8, 4) is 5.75 Å². The lowest BCUT2D eigenvalue weighted by Crippen LogP contribution is -2.48. The number of rotatable bonds is 2. The van der Waals surface area contributed by atoms with Crippen molar-refractivity contribution >= 4 is 39.3 Å². The molecule has 1 fully saturated rings. The van der Waals surface area contributed by atoms with Crippen LogP contribution in [0.4, 0.5) is 10.2 Å². The highest BCUT2D eigenvalue weighted by atomic mass is 127. The molecular weight excluding hydrogens is 444 g/mol. The average Bonchev–Trinajstić information content (AvgIpc) is 2.61. The third kappa shape index (κ3) is 2.71. The van der Waals surface area contributed by atoms with E-state index in [0.717, 1.165) is 50.9 Å².